The van der Waals surface area contributed by atoms with Gasteiger partial charge in [-0.25, -0.2) is 9.18 Å². The Bertz CT molecular complexity index is 1100. The van der Waals surface area contributed by atoms with Gasteiger partial charge in [-0.15, -0.1) is 0 Å². The van der Waals surface area contributed by atoms with Gasteiger partial charge in [0.25, 0.3) is 5.91 Å². The SMILES string of the molecule is COCCOc1ccc(F)cc1C(C)(C)CC(O)(C(=O)NC1OC(=O)c2ccccc21)C(F)(F)F. The maximum atomic E-state index is 14.1. The number of hydrogen-bond acceptors (Lipinski definition) is 6. The maximum Gasteiger partial charge on any atom is 0.426 e. The zero-order valence-electron chi connectivity index (χ0n) is 19.2. The van der Waals surface area contributed by atoms with Crippen LogP contribution in [0.3, 0.4) is 0 Å². The maximum absolute atomic E-state index is 14.1. The smallest absolute Gasteiger partial charge is 0.426 e. The van der Waals surface area contributed by atoms with Gasteiger partial charge in [0, 0.05) is 24.7 Å². The molecular weight excluding hydrogens is 474 g/mol. The molecule has 0 fully saturated rings. The summed E-state index contributed by atoms with van der Waals surface area (Å²) < 4.78 is 71.9. The van der Waals surface area contributed by atoms with Crippen LogP contribution in [0, 0.1) is 5.82 Å². The van der Waals surface area contributed by atoms with E-state index in [1.807, 2.05) is 5.32 Å². The fourth-order valence-electron chi connectivity index (χ4n) is 3.93. The minimum atomic E-state index is -5.42. The Hall–Kier alpha value is -3.18. The quantitative estimate of drug-likeness (QED) is 0.310. The van der Waals surface area contributed by atoms with Gasteiger partial charge >= 0.3 is 12.1 Å². The highest BCUT2D eigenvalue weighted by Gasteiger charge is 2.62. The third kappa shape index (κ3) is 5.40. The summed E-state index contributed by atoms with van der Waals surface area (Å²) in [5.41, 5.74) is -5.24. The summed E-state index contributed by atoms with van der Waals surface area (Å²) in [6, 6.07) is 9.19. The van der Waals surface area contributed by atoms with Crippen LogP contribution in [-0.2, 0) is 19.7 Å². The van der Waals surface area contributed by atoms with E-state index in [4.69, 9.17) is 14.2 Å². The third-order valence-electron chi connectivity index (χ3n) is 5.71. The molecule has 1 aliphatic heterocycles. The molecule has 0 bridgehead atoms. The summed E-state index contributed by atoms with van der Waals surface area (Å²) >= 11 is 0. The van der Waals surface area contributed by atoms with Gasteiger partial charge in [0.05, 0.1) is 12.2 Å². The number of ether oxygens (including phenoxy) is 3. The summed E-state index contributed by atoms with van der Waals surface area (Å²) in [7, 11) is 1.43. The van der Waals surface area contributed by atoms with Gasteiger partial charge in [-0.3, -0.25) is 4.79 Å². The first-order valence-electron chi connectivity index (χ1n) is 10.6. The van der Waals surface area contributed by atoms with Crippen molar-refractivity contribution in [3.8, 4) is 5.75 Å². The Morgan fingerprint density at radius 3 is 2.49 bits per heavy atom. The number of nitrogens with one attached hydrogen (secondary N) is 1. The van der Waals surface area contributed by atoms with Gasteiger partial charge in [-0.2, -0.15) is 13.2 Å². The van der Waals surface area contributed by atoms with E-state index in [9.17, 15) is 32.3 Å². The molecule has 0 saturated carbocycles. The molecule has 35 heavy (non-hydrogen) atoms. The molecule has 2 N–H and O–H groups in total. The number of esters is 1. The van der Waals surface area contributed by atoms with Crippen LogP contribution in [0.4, 0.5) is 17.6 Å². The lowest BCUT2D eigenvalue weighted by Gasteiger charge is -2.37. The number of alkyl halides is 3. The Kier molecular flexibility index (Phi) is 7.42. The van der Waals surface area contributed by atoms with Crippen molar-refractivity contribution in [3.05, 3.63) is 65.0 Å². The van der Waals surface area contributed by atoms with Gasteiger partial charge in [0.1, 0.15) is 18.2 Å². The first-order chi connectivity index (χ1) is 16.3. The lowest BCUT2D eigenvalue weighted by atomic mass is 9.74. The van der Waals surface area contributed by atoms with E-state index in [1.54, 1.807) is 0 Å². The molecule has 11 heteroatoms. The van der Waals surface area contributed by atoms with E-state index in [0.717, 1.165) is 12.1 Å². The van der Waals surface area contributed by atoms with Crippen molar-refractivity contribution < 1.29 is 46.5 Å². The third-order valence-corrected chi connectivity index (χ3v) is 5.71. The van der Waals surface area contributed by atoms with Crippen LogP contribution < -0.4 is 10.1 Å². The standard InChI is InChI=1S/C24H25F4NO6/c1-22(2,17-12-14(25)8-9-18(17)34-11-10-33-3)13-23(32,24(26,27)28)21(31)29-19-15-6-4-5-7-16(15)20(30)35-19/h4-9,12,19,32H,10-11,13H2,1-3H3,(H,29,31). The number of aliphatic hydroxyl groups is 1. The van der Waals surface area contributed by atoms with Gasteiger partial charge < -0.3 is 24.6 Å². The number of methoxy groups -OCH3 is 1. The van der Waals surface area contributed by atoms with Gasteiger partial charge in [0.15, 0.2) is 0 Å². The van der Waals surface area contributed by atoms with Crippen LogP contribution in [0.25, 0.3) is 0 Å². The lowest BCUT2D eigenvalue weighted by molar-refractivity contribution is -0.258. The highest BCUT2D eigenvalue weighted by Crippen LogP contribution is 2.44. The zero-order chi connectivity index (χ0) is 26.0. The summed E-state index contributed by atoms with van der Waals surface area (Å²) in [5, 5.41) is 12.7. The number of carbonyl (C=O) groups excluding carboxylic acids is 2. The van der Waals surface area contributed by atoms with Crippen molar-refractivity contribution in [1.29, 1.82) is 0 Å². The molecule has 2 aromatic rings. The second kappa shape index (κ2) is 9.82. The molecule has 1 heterocycles. The topological polar surface area (TPSA) is 94.1 Å². The molecule has 190 valence electrons. The highest BCUT2D eigenvalue weighted by atomic mass is 19.4. The average Bonchev–Trinajstić information content (AvgIpc) is 3.09. The lowest BCUT2D eigenvalue weighted by Crippen LogP contribution is -2.59. The molecule has 2 aromatic carbocycles. The number of fused-ring (bicyclic) bond motifs is 1. The Morgan fingerprint density at radius 1 is 1.14 bits per heavy atom. The van der Waals surface area contributed by atoms with Crippen LogP contribution in [0.2, 0.25) is 0 Å². The summed E-state index contributed by atoms with van der Waals surface area (Å²) in [6.07, 6.45) is -8.10. The van der Waals surface area contributed by atoms with Crippen molar-refractivity contribution in [3.63, 3.8) is 0 Å². The molecule has 2 atom stereocenters. The number of benzene rings is 2. The first-order valence-corrected chi connectivity index (χ1v) is 10.6. The van der Waals surface area contributed by atoms with Crippen LogP contribution in [0.1, 0.15) is 48.0 Å². The van der Waals surface area contributed by atoms with Gasteiger partial charge in [-0.05, 0) is 29.7 Å². The number of amides is 1. The largest absolute Gasteiger partial charge is 0.491 e. The Balaban J connectivity index is 1.92. The van der Waals surface area contributed by atoms with E-state index in [0.29, 0.717) is 0 Å². The van der Waals surface area contributed by atoms with E-state index in [-0.39, 0.29) is 35.7 Å². The van der Waals surface area contributed by atoms with Crippen LogP contribution in [0.5, 0.6) is 5.75 Å². The van der Waals surface area contributed by atoms with E-state index >= 15 is 0 Å². The molecule has 0 saturated heterocycles. The molecule has 7 nitrogen and oxygen atoms in total. The van der Waals surface area contributed by atoms with E-state index < -0.39 is 47.5 Å². The predicted octanol–water partition coefficient (Wildman–Crippen LogP) is 3.80. The summed E-state index contributed by atoms with van der Waals surface area (Å²) in [4.78, 5) is 24.8. The highest BCUT2D eigenvalue weighted by molar-refractivity contribution is 5.95. The Labute approximate surface area is 199 Å². The minimum absolute atomic E-state index is 0.0155. The molecule has 0 radical (unpaired) electrons. The fourth-order valence-corrected chi connectivity index (χ4v) is 3.93. The van der Waals surface area contributed by atoms with Crippen molar-refractivity contribution in [1.82, 2.24) is 5.32 Å². The predicted molar refractivity (Wildman–Crippen MR) is 115 cm³/mol. The summed E-state index contributed by atoms with van der Waals surface area (Å²) in [6.45, 7) is 2.86. The van der Waals surface area contributed by atoms with Crippen molar-refractivity contribution in [2.24, 2.45) is 0 Å². The molecule has 1 aliphatic rings. The second-order valence-corrected chi connectivity index (χ2v) is 8.75. The van der Waals surface area contributed by atoms with Gasteiger partial charge in [-0.1, -0.05) is 32.0 Å². The van der Waals surface area contributed by atoms with E-state index in [2.05, 4.69) is 0 Å². The number of rotatable bonds is 9. The second-order valence-electron chi connectivity index (χ2n) is 8.75. The number of carbonyl (C=O) groups is 2. The zero-order valence-corrected chi connectivity index (χ0v) is 19.2. The molecule has 0 aliphatic carbocycles. The molecule has 3 rings (SSSR count). The van der Waals surface area contributed by atoms with Crippen LogP contribution >= 0.6 is 0 Å². The minimum Gasteiger partial charge on any atom is -0.491 e. The molecule has 2 unspecified atom stereocenters. The van der Waals surface area contributed by atoms with Crippen molar-refractivity contribution in [2.75, 3.05) is 20.3 Å². The average molecular weight is 499 g/mol. The number of hydrogen-bond donors (Lipinski definition) is 2. The monoisotopic (exact) mass is 499 g/mol. The summed E-state index contributed by atoms with van der Waals surface area (Å²) in [5.74, 6) is -3.29. The molecular formula is C24H25F4NO6. The number of cyclic esters (lactones) is 1. The van der Waals surface area contributed by atoms with Crippen molar-refractivity contribution >= 4 is 11.9 Å². The molecule has 1 amide bonds. The van der Waals surface area contributed by atoms with E-state index in [1.165, 1.54) is 51.3 Å². The van der Waals surface area contributed by atoms with Crippen LogP contribution in [-0.4, -0.2) is 49.1 Å². The van der Waals surface area contributed by atoms with Gasteiger partial charge in [0.2, 0.25) is 11.8 Å². The van der Waals surface area contributed by atoms with Crippen LogP contribution in [0.15, 0.2) is 42.5 Å². The Morgan fingerprint density at radius 2 is 1.83 bits per heavy atom. The van der Waals surface area contributed by atoms with Crippen molar-refractivity contribution in [2.45, 2.75) is 43.7 Å². The normalized spacial score (nSPS) is 17.4. The number of halogens is 4. The molecule has 0 aromatic heterocycles. The first kappa shape index (κ1) is 26.4. The fraction of sp³-hybridized carbons (Fsp3) is 0.417. The molecule has 0 spiro atoms.